The van der Waals surface area contributed by atoms with E-state index in [-0.39, 0.29) is 33.3 Å². The first-order valence-corrected chi connectivity index (χ1v) is 43.3. The van der Waals surface area contributed by atoms with E-state index in [2.05, 4.69) is 191 Å². The number of fused-ring (bicyclic) bond motifs is 20. The van der Waals surface area contributed by atoms with E-state index in [0.29, 0.717) is 38.2 Å². The average Bonchev–Trinajstić information content (AvgIpc) is 1.56. The van der Waals surface area contributed by atoms with Crippen LogP contribution in [0.1, 0.15) is 0 Å². The van der Waals surface area contributed by atoms with Crippen LogP contribution < -0.4 is 40.3 Å². The number of methoxy groups -OCH3 is 4. The third-order valence-electron chi connectivity index (χ3n) is 21.5. The number of ether oxygens (including phenoxy) is 4. The molecule has 0 atom stereocenters. The molecule has 15 aromatic carbocycles. The van der Waals surface area contributed by atoms with Crippen molar-refractivity contribution in [3.63, 3.8) is 0 Å². The standard InChI is InChI=1S/C24H16N2O2.C19H13NO4.C19H13NO2.C18H15P.C12H9BO3.C7H6BrNO3.C5H4BrN.BrH/c1-27-15-9-10-16-19(14-15)26(22-8-4-5-13-25-22)18-11-12-21-24(23(16)18)17-6-2-3-7-20(17)28-21;1-23-12-9-10-13(16(11-12)20(21)22)14-6-4-8-18-19(14)15-5-2-3-7-17(15)24-18;1-21-11-6-7-12-15(10-11)20-14-8-9-17-19(18(12)14)13-4-2-3-5-16(13)22-17;1-4-10-16(11-5-1)19(17-12-6-2-7-13-17)18-14-8-3-9-15-18;14-13(15)9-5-3-7-11-12(9)8-4-1-2-6-10(8)16-11;1-12-5-2-3-6(8)7(4-5)9(10)11;6-5-3-1-2-4-7-5;/h2-14H,1H3;2-11H,1H3;2-10,20H,1H3;1-15H;1-7,14-15H;2-4H,1H3;1-4H;1H. The normalized spacial score (nSPS) is 10.9. The molecular formula is C104H77BBr3N6O14P. The highest BCUT2D eigenvalue weighted by molar-refractivity contribution is 9.10. The Morgan fingerprint density at radius 2 is 0.783 bits per heavy atom. The molecule has 20 nitrogen and oxygen atoms in total. The van der Waals surface area contributed by atoms with Gasteiger partial charge in [0.25, 0.3) is 11.4 Å². The Kier molecular flexibility index (Phi) is 27.1. The SMILES string of the molecule is Br.Brc1ccccn1.COc1ccc(-c2cccc3oc4ccccc4c23)c([N+](=O)[O-])c1.COc1ccc(Br)c([N+](=O)[O-])c1.COc1ccc2c(c1)[nH]c1ccc3oc4ccccc4c3c12.COc1ccc2c3c4c(ccc3n(-c3ccccn3)c2c1)oc1ccccc14.OB(O)c1cccc2oc3ccccc3c12.c1ccc(P(c2ccccc2)c2ccccc2)cc1. The number of rotatable bonds is 12. The zero-order valence-corrected chi connectivity index (χ0v) is 75.2. The monoisotopic (exact) mass is 1910 g/mol. The first-order valence-electron chi connectivity index (χ1n) is 40.4. The number of hydrogen-bond donors (Lipinski definition) is 3. The fraction of sp³-hybridized carbons (Fsp3) is 0.0385. The van der Waals surface area contributed by atoms with E-state index in [9.17, 15) is 30.3 Å². The highest BCUT2D eigenvalue weighted by atomic mass is 79.9. The molecule has 0 amide bonds. The Labute approximate surface area is 766 Å². The lowest BCUT2D eigenvalue weighted by molar-refractivity contribution is -0.385. The van der Waals surface area contributed by atoms with Crippen LogP contribution >= 0.6 is 56.8 Å². The first-order chi connectivity index (χ1) is 62.6. The van der Waals surface area contributed by atoms with Crippen LogP contribution in [-0.4, -0.2) is 75.0 Å². The molecule has 0 fully saturated rings. The van der Waals surface area contributed by atoms with Crippen molar-refractivity contribution in [2.45, 2.75) is 0 Å². The van der Waals surface area contributed by atoms with Crippen molar-refractivity contribution in [1.82, 2.24) is 19.5 Å². The van der Waals surface area contributed by atoms with Gasteiger partial charge in [0.1, 0.15) is 78.1 Å². The maximum Gasteiger partial charge on any atom is 0.489 e. The van der Waals surface area contributed by atoms with Gasteiger partial charge in [-0.3, -0.25) is 24.8 Å². The fourth-order valence-electron chi connectivity index (χ4n) is 15.8. The van der Waals surface area contributed by atoms with Crippen LogP contribution in [0.4, 0.5) is 11.4 Å². The molecule has 0 saturated carbocycles. The van der Waals surface area contributed by atoms with Crippen LogP contribution in [0.5, 0.6) is 23.0 Å². The molecule has 0 bridgehead atoms. The predicted molar refractivity (Wildman–Crippen MR) is 533 cm³/mol. The number of aromatic amines is 1. The van der Waals surface area contributed by atoms with E-state index < -0.39 is 20.0 Å². The molecule has 0 unspecified atom stereocenters. The summed E-state index contributed by atoms with van der Waals surface area (Å²) in [7, 11) is 4.40. The summed E-state index contributed by atoms with van der Waals surface area (Å²) in [5.74, 6) is 3.48. The molecule has 0 spiro atoms. The Morgan fingerprint density at radius 3 is 1.29 bits per heavy atom. The van der Waals surface area contributed by atoms with Crippen LogP contribution in [0.2, 0.25) is 0 Å². The van der Waals surface area contributed by atoms with Crippen LogP contribution in [0.25, 0.3) is 148 Å². The molecule has 0 saturated heterocycles. The summed E-state index contributed by atoms with van der Waals surface area (Å²) in [6.07, 6.45) is 3.56. The van der Waals surface area contributed by atoms with Crippen LogP contribution in [0.15, 0.2) is 397 Å². The van der Waals surface area contributed by atoms with Gasteiger partial charge in [0.2, 0.25) is 0 Å². The Bertz CT molecular complexity index is 7850. The second-order valence-electron chi connectivity index (χ2n) is 29.0. The van der Waals surface area contributed by atoms with E-state index in [1.807, 2.05) is 176 Å². The van der Waals surface area contributed by atoms with Gasteiger partial charge in [-0.15, -0.1) is 17.0 Å². The van der Waals surface area contributed by atoms with Gasteiger partial charge in [-0.05, 0) is 195 Å². The highest BCUT2D eigenvalue weighted by Gasteiger charge is 2.25. The van der Waals surface area contributed by atoms with Crippen LogP contribution in [0, 0.1) is 20.2 Å². The highest BCUT2D eigenvalue weighted by Crippen LogP contribution is 2.45. The summed E-state index contributed by atoms with van der Waals surface area (Å²) < 4.78 is 47.9. The van der Waals surface area contributed by atoms with Gasteiger partial charge in [-0.1, -0.05) is 200 Å². The molecule has 129 heavy (non-hydrogen) atoms. The third-order valence-corrected chi connectivity index (χ3v) is 25.1. The largest absolute Gasteiger partial charge is 0.497 e. The van der Waals surface area contributed by atoms with Crippen molar-refractivity contribution >= 4 is 228 Å². The smallest absolute Gasteiger partial charge is 0.489 e. The fourth-order valence-corrected chi connectivity index (χ4v) is 18.8. The number of nitro benzene ring substituents is 2. The van der Waals surface area contributed by atoms with Gasteiger partial charge < -0.3 is 51.6 Å². The zero-order chi connectivity index (χ0) is 88.3. The maximum absolute atomic E-state index is 11.5. The molecule has 25 heteroatoms. The molecule has 0 radical (unpaired) electrons. The van der Waals surface area contributed by atoms with Crippen molar-refractivity contribution in [1.29, 1.82) is 0 Å². The molecule has 8 heterocycles. The van der Waals surface area contributed by atoms with E-state index >= 15 is 0 Å². The first kappa shape index (κ1) is 87.7. The zero-order valence-electron chi connectivity index (χ0n) is 69.4. The van der Waals surface area contributed by atoms with E-state index in [4.69, 9.17) is 36.6 Å². The molecular weight excluding hydrogens is 1840 g/mol. The molecule has 0 aliphatic carbocycles. The molecule has 8 aromatic heterocycles. The minimum Gasteiger partial charge on any atom is -0.497 e. The van der Waals surface area contributed by atoms with Crippen molar-refractivity contribution in [2.75, 3.05) is 28.4 Å². The number of hydrogen-bond acceptors (Lipinski definition) is 16. The number of nitro groups is 2. The number of furan rings is 4. The van der Waals surface area contributed by atoms with Crippen molar-refractivity contribution < 1.29 is 56.5 Å². The number of pyridine rings is 2. The number of H-pyrrole nitrogens is 1. The van der Waals surface area contributed by atoms with Gasteiger partial charge in [0.05, 0.1) is 77.0 Å². The summed E-state index contributed by atoms with van der Waals surface area (Å²) in [5, 5.41) is 57.6. The average molecular weight is 1920 g/mol. The van der Waals surface area contributed by atoms with Gasteiger partial charge in [-0.2, -0.15) is 0 Å². The van der Waals surface area contributed by atoms with Crippen molar-refractivity contribution in [3.05, 3.63) is 400 Å². The maximum atomic E-state index is 11.5. The van der Waals surface area contributed by atoms with Gasteiger partial charge in [0, 0.05) is 100 Å². The second-order valence-corrected chi connectivity index (χ2v) is 32.9. The minimum atomic E-state index is -1.48. The number of aromatic nitrogens is 4. The lowest BCUT2D eigenvalue weighted by Crippen LogP contribution is -2.30. The molecule has 636 valence electrons. The number of para-hydroxylation sites is 4. The molecule has 23 rings (SSSR count). The topological polar surface area (TPSA) is 263 Å². The van der Waals surface area contributed by atoms with Crippen LogP contribution in [-0.2, 0) is 0 Å². The molecule has 0 aliphatic rings. The molecule has 23 aromatic rings. The molecule has 0 aliphatic heterocycles. The molecule has 3 N–H and O–H groups in total. The van der Waals surface area contributed by atoms with Crippen molar-refractivity contribution in [2.24, 2.45) is 0 Å². The minimum absolute atomic E-state index is 0. The summed E-state index contributed by atoms with van der Waals surface area (Å²) in [4.78, 5) is 33.1. The van der Waals surface area contributed by atoms with Gasteiger partial charge in [-0.25, -0.2) is 9.97 Å². The quantitative estimate of drug-likeness (QED) is 0.0337. The second kappa shape index (κ2) is 39.8. The predicted octanol–water partition coefficient (Wildman–Crippen LogP) is 26.0. The Hall–Kier alpha value is -14.7. The van der Waals surface area contributed by atoms with Crippen LogP contribution in [0.3, 0.4) is 0 Å². The number of benzene rings is 15. The van der Waals surface area contributed by atoms with Gasteiger partial charge >= 0.3 is 7.12 Å². The number of halogens is 3. The van der Waals surface area contributed by atoms with Gasteiger partial charge in [0.15, 0.2) is 0 Å². The van der Waals surface area contributed by atoms with E-state index in [0.717, 1.165) is 126 Å². The lowest BCUT2D eigenvalue weighted by Gasteiger charge is -2.18. The summed E-state index contributed by atoms with van der Waals surface area (Å²) in [6, 6.07) is 117. The summed E-state index contributed by atoms with van der Waals surface area (Å²) in [5.41, 5.74) is 12.7. The Balaban J connectivity index is 0.000000113. The number of nitrogens with zero attached hydrogens (tertiary/aromatic N) is 5. The summed E-state index contributed by atoms with van der Waals surface area (Å²) in [6.45, 7) is 0. The number of nitrogens with one attached hydrogen (secondary N) is 1. The summed E-state index contributed by atoms with van der Waals surface area (Å²) >= 11 is 6.26. The van der Waals surface area contributed by atoms with E-state index in [1.165, 1.54) is 63.8 Å². The lowest BCUT2D eigenvalue weighted by atomic mass is 9.77. The van der Waals surface area contributed by atoms with Crippen molar-refractivity contribution in [3.8, 4) is 39.9 Å². The Morgan fingerprint density at radius 1 is 0.357 bits per heavy atom. The third kappa shape index (κ3) is 18.5. The van der Waals surface area contributed by atoms with E-state index in [1.54, 1.807) is 56.8 Å².